The lowest BCUT2D eigenvalue weighted by Crippen LogP contribution is -2.64. The third-order valence-corrected chi connectivity index (χ3v) is 8.57. The standard InChI is InChI=1S/C16H24FN3O5S2/c1-15(2)16(3,4)27(23,24)20-14(25-15)19-13(10-26(21,22)18-5)11-6-8-12(17)9-7-11/h6-9,13,18H,10H2,1-5H3,(H,19,20)/t13-/m0/s1. The maximum absolute atomic E-state index is 13.2. The summed E-state index contributed by atoms with van der Waals surface area (Å²) in [5.74, 6) is -0.952. The predicted molar refractivity (Wildman–Crippen MR) is 101 cm³/mol. The van der Waals surface area contributed by atoms with Gasteiger partial charge in [-0.3, -0.25) is 0 Å². The van der Waals surface area contributed by atoms with Crippen molar-refractivity contribution in [3.63, 3.8) is 0 Å². The molecule has 2 N–H and O–H groups in total. The molecule has 8 nitrogen and oxygen atoms in total. The van der Waals surface area contributed by atoms with Gasteiger partial charge in [0.1, 0.15) is 16.2 Å². The SMILES string of the molecule is CNS(=O)(=O)C[C@H](N=C1NS(=O)(=O)C(C)(C)C(C)(C)O1)c1ccc(F)cc1. The molecule has 0 unspecified atom stereocenters. The lowest BCUT2D eigenvalue weighted by molar-refractivity contribution is 0.0465. The average Bonchev–Trinajstić information content (AvgIpc) is 2.52. The minimum absolute atomic E-state index is 0.306. The van der Waals surface area contributed by atoms with Crippen molar-refractivity contribution in [2.75, 3.05) is 12.8 Å². The zero-order valence-corrected chi connectivity index (χ0v) is 17.4. The van der Waals surface area contributed by atoms with Crippen molar-refractivity contribution >= 4 is 26.1 Å². The summed E-state index contributed by atoms with van der Waals surface area (Å²) in [4.78, 5) is 4.19. The number of aliphatic imine (C=N–C) groups is 1. The molecule has 1 saturated heterocycles. The second-order valence-corrected chi connectivity index (χ2v) is 11.4. The predicted octanol–water partition coefficient (Wildman–Crippen LogP) is 1.28. The van der Waals surface area contributed by atoms with Gasteiger partial charge >= 0.3 is 0 Å². The number of nitrogens with one attached hydrogen (secondary N) is 2. The van der Waals surface area contributed by atoms with Gasteiger partial charge in [-0.2, -0.15) is 0 Å². The van der Waals surface area contributed by atoms with Crippen molar-refractivity contribution in [3.05, 3.63) is 35.6 Å². The smallest absolute Gasteiger partial charge is 0.299 e. The van der Waals surface area contributed by atoms with Crippen LogP contribution in [0.25, 0.3) is 0 Å². The summed E-state index contributed by atoms with van der Waals surface area (Å²) in [6, 6.07) is 3.82. The van der Waals surface area contributed by atoms with Gasteiger partial charge in [-0.05, 0) is 52.4 Å². The normalized spacial score (nSPS) is 23.3. The number of hydrogen-bond donors (Lipinski definition) is 2. The number of benzene rings is 1. The topological polar surface area (TPSA) is 114 Å². The molecule has 2 rings (SSSR count). The van der Waals surface area contributed by atoms with Crippen molar-refractivity contribution in [2.24, 2.45) is 4.99 Å². The monoisotopic (exact) mass is 421 g/mol. The van der Waals surface area contributed by atoms with Crippen LogP contribution in [0, 0.1) is 5.82 Å². The van der Waals surface area contributed by atoms with Crippen LogP contribution in [-0.2, 0) is 24.8 Å². The summed E-state index contributed by atoms with van der Waals surface area (Å²) >= 11 is 0. The molecule has 0 aromatic heterocycles. The second kappa shape index (κ2) is 7.02. The van der Waals surface area contributed by atoms with Gasteiger partial charge < -0.3 is 4.74 Å². The molecule has 152 valence electrons. The summed E-state index contributed by atoms with van der Waals surface area (Å²) in [5.41, 5.74) is -0.723. The molecule has 1 aliphatic heterocycles. The number of amidine groups is 1. The van der Waals surface area contributed by atoms with Crippen LogP contribution in [0.4, 0.5) is 4.39 Å². The van der Waals surface area contributed by atoms with Gasteiger partial charge in [0, 0.05) is 0 Å². The summed E-state index contributed by atoms with van der Waals surface area (Å²) in [7, 11) is -6.26. The Morgan fingerprint density at radius 2 is 1.78 bits per heavy atom. The van der Waals surface area contributed by atoms with E-state index in [0.717, 1.165) is 0 Å². The van der Waals surface area contributed by atoms with Crippen molar-refractivity contribution in [3.8, 4) is 0 Å². The Bertz CT molecular complexity index is 939. The molecule has 1 fully saturated rings. The maximum atomic E-state index is 13.2. The Balaban J connectivity index is 2.49. The average molecular weight is 422 g/mol. The summed E-state index contributed by atoms with van der Waals surface area (Å²) in [6.45, 7) is 6.26. The van der Waals surface area contributed by atoms with Crippen LogP contribution >= 0.6 is 0 Å². The van der Waals surface area contributed by atoms with E-state index in [1.54, 1.807) is 13.8 Å². The summed E-state index contributed by atoms with van der Waals surface area (Å²) in [6.07, 6.45) is 0. The van der Waals surface area contributed by atoms with Crippen LogP contribution in [0.1, 0.15) is 39.3 Å². The van der Waals surface area contributed by atoms with Crippen molar-refractivity contribution in [2.45, 2.75) is 44.1 Å². The number of nitrogens with zero attached hydrogens (tertiary/aromatic N) is 1. The van der Waals surface area contributed by atoms with Crippen molar-refractivity contribution in [1.29, 1.82) is 0 Å². The Hall–Kier alpha value is -1.72. The molecule has 1 aromatic rings. The number of halogens is 1. The molecular weight excluding hydrogens is 397 g/mol. The van der Waals surface area contributed by atoms with E-state index < -0.39 is 48.0 Å². The second-order valence-electron chi connectivity index (χ2n) is 7.22. The number of ether oxygens (including phenoxy) is 1. The van der Waals surface area contributed by atoms with Gasteiger partial charge in [0.15, 0.2) is 0 Å². The quantitative estimate of drug-likeness (QED) is 0.743. The van der Waals surface area contributed by atoms with Crippen LogP contribution in [0.15, 0.2) is 29.3 Å². The highest BCUT2D eigenvalue weighted by Gasteiger charge is 2.54. The van der Waals surface area contributed by atoms with E-state index in [-0.39, 0.29) is 6.02 Å². The molecule has 1 heterocycles. The maximum Gasteiger partial charge on any atom is 0.299 e. The van der Waals surface area contributed by atoms with Crippen LogP contribution in [0.3, 0.4) is 0 Å². The van der Waals surface area contributed by atoms with E-state index in [1.165, 1.54) is 45.2 Å². The number of sulfonamides is 2. The zero-order valence-electron chi connectivity index (χ0n) is 15.8. The van der Waals surface area contributed by atoms with Gasteiger partial charge in [-0.15, -0.1) is 0 Å². The fourth-order valence-electron chi connectivity index (χ4n) is 2.33. The minimum Gasteiger partial charge on any atom is -0.457 e. The van der Waals surface area contributed by atoms with Crippen molar-refractivity contribution < 1.29 is 26.0 Å². The van der Waals surface area contributed by atoms with Gasteiger partial charge in [-0.1, -0.05) is 12.1 Å². The molecule has 0 saturated carbocycles. The summed E-state index contributed by atoms with van der Waals surface area (Å²) < 4.78 is 71.3. The Morgan fingerprint density at radius 3 is 2.26 bits per heavy atom. The van der Waals surface area contributed by atoms with Gasteiger partial charge in [-0.25, -0.2) is 35.7 Å². The van der Waals surface area contributed by atoms with Gasteiger partial charge in [0.05, 0.1) is 11.8 Å². The lowest BCUT2D eigenvalue weighted by atomic mass is 9.93. The first kappa shape index (κ1) is 21.6. The zero-order chi connectivity index (χ0) is 20.7. The molecule has 0 radical (unpaired) electrons. The molecule has 11 heteroatoms. The van der Waals surface area contributed by atoms with Crippen LogP contribution < -0.4 is 9.44 Å². The van der Waals surface area contributed by atoms with E-state index in [9.17, 15) is 21.2 Å². The van der Waals surface area contributed by atoms with Crippen LogP contribution in [0.2, 0.25) is 0 Å². The highest BCUT2D eigenvalue weighted by atomic mass is 32.2. The van der Waals surface area contributed by atoms with Crippen LogP contribution in [-0.4, -0.2) is 46.0 Å². The highest BCUT2D eigenvalue weighted by molar-refractivity contribution is 7.91. The number of rotatable bonds is 5. The summed E-state index contributed by atoms with van der Waals surface area (Å²) in [5, 5.41) is 0. The van der Waals surface area contributed by atoms with E-state index in [2.05, 4.69) is 14.4 Å². The molecule has 0 spiro atoms. The largest absolute Gasteiger partial charge is 0.457 e. The first-order valence-corrected chi connectivity index (χ1v) is 11.3. The fourth-order valence-corrected chi connectivity index (χ4v) is 4.45. The minimum atomic E-state index is -3.83. The van der Waals surface area contributed by atoms with Crippen molar-refractivity contribution in [1.82, 2.24) is 9.44 Å². The lowest BCUT2D eigenvalue weighted by Gasteiger charge is -2.44. The first-order valence-electron chi connectivity index (χ1n) is 8.17. The Labute approximate surface area is 159 Å². The number of hydrogen-bond acceptors (Lipinski definition) is 6. The van der Waals surface area contributed by atoms with Gasteiger partial charge in [0.2, 0.25) is 20.0 Å². The molecule has 1 atom stereocenters. The molecule has 0 bridgehead atoms. The molecule has 27 heavy (non-hydrogen) atoms. The van der Waals surface area contributed by atoms with E-state index in [0.29, 0.717) is 5.56 Å². The molecule has 0 aliphatic carbocycles. The highest BCUT2D eigenvalue weighted by Crippen LogP contribution is 2.36. The molecule has 1 aromatic carbocycles. The molecule has 1 aliphatic rings. The van der Waals surface area contributed by atoms with Gasteiger partial charge in [0.25, 0.3) is 6.02 Å². The Morgan fingerprint density at radius 1 is 1.22 bits per heavy atom. The molecule has 0 amide bonds. The third-order valence-electron chi connectivity index (χ3n) is 4.91. The van der Waals surface area contributed by atoms with E-state index in [1.807, 2.05) is 0 Å². The van der Waals surface area contributed by atoms with E-state index >= 15 is 0 Å². The van der Waals surface area contributed by atoms with E-state index in [4.69, 9.17) is 4.74 Å². The first-order chi connectivity index (χ1) is 12.2. The fraction of sp³-hybridized carbons (Fsp3) is 0.562. The Kier molecular flexibility index (Phi) is 5.61. The van der Waals surface area contributed by atoms with Crippen LogP contribution in [0.5, 0.6) is 0 Å². The molecular formula is C16H24FN3O5S2. The third kappa shape index (κ3) is 4.41.